The number of aromatic amines is 1. The predicted molar refractivity (Wildman–Crippen MR) is 67.6 cm³/mol. The molecule has 1 aliphatic carbocycles. The topological polar surface area (TPSA) is 83.1 Å². The lowest BCUT2D eigenvalue weighted by Crippen LogP contribution is -2.44. The van der Waals surface area contributed by atoms with E-state index in [0.29, 0.717) is 24.6 Å². The Balaban J connectivity index is 1.55. The number of hydrogen-bond donors (Lipinski definition) is 1. The third kappa shape index (κ3) is 1.71. The number of amides is 1. The van der Waals surface area contributed by atoms with Crippen molar-refractivity contribution < 1.29 is 13.2 Å². The molecule has 1 N–H and O–H groups in total. The highest BCUT2D eigenvalue weighted by Gasteiger charge is 2.50. The first-order valence-electron chi connectivity index (χ1n) is 6.62. The van der Waals surface area contributed by atoms with Crippen LogP contribution >= 0.6 is 0 Å². The van der Waals surface area contributed by atoms with Gasteiger partial charge in [0.2, 0.25) is 0 Å². The predicted octanol–water partition coefficient (Wildman–Crippen LogP) is 0.299. The van der Waals surface area contributed by atoms with Gasteiger partial charge in [-0.25, -0.2) is 8.42 Å². The highest BCUT2D eigenvalue weighted by atomic mass is 32.2. The van der Waals surface area contributed by atoms with E-state index < -0.39 is 9.84 Å². The number of fused-ring (bicyclic) bond motifs is 2. The molecule has 2 atom stereocenters. The Morgan fingerprint density at radius 2 is 2.21 bits per heavy atom. The van der Waals surface area contributed by atoms with Crippen molar-refractivity contribution >= 4 is 15.7 Å². The van der Waals surface area contributed by atoms with Crippen LogP contribution in [0.3, 0.4) is 0 Å². The summed E-state index contributed by atoms with van der Waals surface area (Å²) in [5, 5.41) is 6.63. The zero-order valence-electron chi connectivity index (χ0n) is 10.4. The average Bonchev–Trinajstić information content (AvgIpc) is 2.85. The summed E-state index contributed by atoms with van der Waals surface area (Å²) in [6.07, 6.45) is 2.90. The summed E-state index contributed by atoms with van der Waals surface area (Å²) >= 11 is 0. The first kappa shape index (κ1) is 11.5. The van der Waals surface area contributed by atoms with Crippen molar-refractivity contribution in [3.63, 3.8) is 0 Å². The molecule has 2 unspecified atom stereocenters. The van der Waals surface area contributed by atoms with Crippen LogP contribution in [-0.4, -0.2) is 53.0 Å². The van der Waals surface area contributed by atoms with E-state index in [1.807, 2.05) is 6.07 Å². The summed E-state index contributed by atoms with van der Waals surface area (Å²) in [6, 6.07) is 1.67. The van der Waals surface area contributed by atoms with Gasteiger partial charge in [0.15, 0.2) is 9.84 Å². The zero-order chi connectivity index (χ0) is 13.2. The lowest BCUT2D eigenvalue weighted by atomic mass is 10.2. The molecular formula is C12H15N3O3S. The summed E-state index contributed by atoms with van der Waals surface area (Å²) in [4.78, 5) is 14.0. The molecule has 2 aliphatic heterocycles. The van der Waals surface area contributed by atoms with Gasteiger partial charge in [0.1, 0.15) is 5.69 Å². The maximum Gasteiger partial charge on any atom is 0.274 e. The number of nitrogens with one attached hydrogen (secondary N) is 1. The molecule has 6 nitrogen and oxygen atoms in total. The minimum Gasteiger partial charge on any atom is -0.332 e. The quantitative estimate of drug-likeness (QED) is 0.845. The van der Waals surface area contributed by atoms with E-state index in [4.69, 9.17) is 0 Å². The molecule has 3 heterocycles. The maximum absolute atomic E-state index is 12.4. The number of hydrogen-bond acceptors (Lipinski definition) is 4. The maximum atomic E-state index is 12.4. The number of sulfone groups is 1. The zero-order valence-corrected chi connectivity index (χ0v) is 11.2. The molecule has 1 aromatic heterocycles. The summed E-state index contributed by atoms with van der Waals surface area (Å²) in [6.45, 7) is 0.331. The minimum absolute atomic E-state index is 0.114. The molecule has 7 heteroatoms. The molecule has 0 spiro atoms. The van der Waals surface area contributed by atoms with Crippen LogP contribution in [0.1, 0.15) is 41.4 Å². The number of aromatic nitrogens is 2. The van der Waals surface area contributed by atoms with Crippen LogP contribution in [0.4, 0.5) is 0 Å². The van der Waals surface area contributed by atoms with Crippen LogP contribution < -0.4 is 0 Å². The monoisotopic (exact) mass is 281 g/mol. The Hall–Kier alpha value is -1.37. The fourth-order valence-electron chi connectivity index (χ4n) is 3.14. The molecule has 2 saturated heterocycles. The van der Waals surface area contributed by atoms with Crippen molar-refractivity contribution in [2.75, 3.05) is 12.3 Å². The Morgan fingerprint density at radius 3 is 2.79 bits per heavy atom. The lowest BCUT2D eigenvalue weighted by Gasteiger charge is -2.25. The molecule has 1 saturated carbocycles. The number of rotatable bonds is 2. The van der Waals surface area contributed by atoms with Crippen LogP contribution in [-0.2, 0) is 9.84 Å². The Kier molecular flexibility index (Phi) is 2.17. The van der Waals surface area contributed by atoms with Gasteiger partial charge in [-0.1, -0.05) is 0 Å². The van der Waals surface area contributed by atoms with Crippen LogP contribution in [0.25, 0.3) is 0 Å². The van der Waals surface area contributed by atoms with Crippen molar-refractivity contribution in [1.29, 1.82) is 0 Å². The van der Waals surface area contributed by atoms with Crippen molar-refractivity contribution in [3.05, 3.63) is 17.5 Å². The third-order valence-electron chi connectivity index (χ3n) is 4.40. The highest BCUT2D eigenvalue weighted by Crippen LogP contribution is 2.39. The second kappa shape index (κ2) is 3.59. The second-order valence-electron chi connectivity index (χ2n) is 5.78. The summed E-state index contributed by atoms with van der Waals surface area (Å²) < 4.78 is 23.3. The Bertz CT molecular complexity index is 647. The molecule has 3 aliphatic rings. The van der Waals surface area contributed by atoms with Gasteiger partial charge >= 0.3 is 0 Å². The van der Waals surface area contributed by atoms with Gasteiger partial charge in [0.05, 0.1) is 11.0 Å². The van der Waals surface area contributed by atoms with E-state index in [1.165, 1.54) is 0 Å². The van der Waals surface area contributed by atoms with Gasteiger partial charge in [-0.2, -0.15) is 5.10 Å². The van der Waals surface area contributed by atoms with Gasteiger partial charge < -0.3 is 4.90 Å². The normalized spacial score (nSPS) is 31.9. The molecular weight excluding hydrogens is 266 g/mol. The fraction of sp³-hybridized carbons (Fsp3) is 0.667. The van der Waals surface area contributed by atoms with E-state index in [1.54, 1.807) is 4.90 Å². The van der Waals surface area contributed by atoms with E-state index >= 15 is 0 Å². The molecule has 3 fully saturated rings. The van der Waals surface area contributed by atoms with Gasteiger partial charge in [-0.05, 0) is 25.3 Å². The van der Waals surface area contributed by atoms with Gasteiger partial charge in [-0.3, -0.25) is 9.89 Å². The molecule has 19 heavy (non-hydrogen) atoms. The largest absolute Gasteiger partial charge is 0.332 e. The Morgan fingerprint density at radius 1 is 1.42 bits per heavy atom. The molecule has 4 rings (SSSR count). The van der Waals surface area contributed by atoms with Crippen LogP contribution in [0.5, 0.6) is 0 Å². The highest BCUT2D eigenvalue weighted by molar-refractivity contribution is 7.92. The number of likely N-dealkylation sites (tertiary alicyclic amines) is 1. The van der Waals surface area contributed by atoms with Crippen molar-refractivity contribution in [1.82, 2.24) is 15.1 Å². The first-order chi connectivity index (χ1) is 9.04. The molecule has 0 aromatic carbocycles. The van der Waals surface area contributed by atoms with Gasteiger partial charge in [-0.15, -0.1) is 0 Å². The van der Waals surface area contributed by atoms with Gasteiger partial charge in [0.25, 0.3) is 5.91 Å². The van der Waals surface area contributed by atoms with Crippen molar-refractivity contribution in [2.45, 2.75) is 36.5 Å². The number of nitrogens with zero attached hydrogens (tertiary/aromatic N) is 2. The Labute approximate surface area is 111 Å². The summed E-state index contributed by atoms with van der Waals surface area (Å²) in [7, 11) is -2.96. The lowest BCUT2D eigenvalue weighted by molar-refractivity contribution is 0.0740. The number of carbonyl (C=O) groups excluding carboxylic acids is 1. The smallest absolute Gasteiger partial charge is 0.274 e. The van der Waals surface area contributed by atoms with Crippen LogP contribution in [0.15, 0.2) is 6.07 Å². The summed E-state index contributed by atoms with van der Waals surface area (Å²) in [5.41, 5.74) is 1.45. The first-order valence-corrected chi connectivity index (χ1v) is 8.34. The van der Waals surface area contributed by atoms with E-state index in [2.05, 4.69) is 10.2 Å². The minimum atomic E-state index is -2.96. The molecule has 0 radical (unpaired) electrons. The van der Waals surface area contributed by atoms with E-state index in [-0.39, 0.29) is 23.0 Å². The number of carbonyl (C=O) groups is 1. The third-order valence-corrected chi connectivity index (χ3v) is 6.61. The van der Waals surface area contributed by atoms with E-state index in [0.717, 1.165) is 18.5 Å². The molecule has 1 aromatic rings. The standard InChI is InChI=1S/C12H15N3O3S/c16-12(11-4-10(13-14-11)7-1-2-7)15-5-9-3-8(15)6-19(9,17)18/h4,7-9H,1-3,5-6H2,(H,13,14). The molecule has 1 amide bonds. The number of H-pyrrole nitrogens is 1. The summed E-state index contributed by atoms with van der Waals surface area (Å²) in [5.74, 6) is 0.513. The van der Waals surface area contributed by atoms with E-state index in [9.17, 15) is 13.2 Å². The molecule has 102 valence electrons. The van der Waals surface area contributed by atoms with Crippen molar-refractivity contribution in [3.8, 4) is 0 Å². The van der Waals surface area contributed by atoms with Crippen LogP contribution in [0.2, 0.25) is 0 Å². The van der Waals surface area contributed by atoms with Gasteiger partial charge in [0, 0.05) is 24.2 Å². The molecule has 2 bridgehead atoms. The van der Waals surface area contributed by atoms with Crippen LogP contribution in [0, 0.1) is 0 Å². The van der Waals surface area contributed by atoms with Crippen molar-refractivity contribution in [2.24, 2.45) is 0 Å². The second-order valence-corrected chi connectivity index (χ2v) is 8.11. The fourth-order valence-corrected chi connectivity index (χ4v) is 5.17. The average molecular weight is 281 g/mol. The SMILES string of the molecule is O=C(c1cc(C2CC2)[nH]n1)N1CC2CC1CS2(=O)=O.